The number of hydrogen-bond donors (Lipinski definition) is 0. The predicted octanol–water partition coefficient (Wildman–Crippen LogP) is 0.833. The van der Waals surface area contributed by atoms with Crippen molar-refractivity contribution in [3.05, 3.63) is 62.6 Å². The number of piperidine rings is 1. The van der Waals surface area contributed by atoms with Gasteiger partial charge >= 0.3 is 5.69 Å². The van der Waals surface area contributed by atoms with Crippen LogP contribution in [0, 0.1) is 17.6 Å². The molecule has 4 rings (SSSR count). The van der Waals surface area contributed by atoms with Gasteiger partial charge < -0.3 is 9.47 Å². The van der Waals surface area contributed by atoms with E-state index in [1.165, 1.54) is 27.4 Å². The summed E-state index contributed by atoms with van der Waals surface area (Å²) in [7, 11) is 3.09. The number of aryl methyl sites for hydroxylation is 2. The third-order valence-corrected chi connectivity index (χ3v) is 5.91. The number of rotatable bonds is 4. The molecule has 168 valence electrons. The highest BCUT2D eigenvalue weighted by Crippen LogP contribution is 2.24. The molecular weight excluding hydrogens is 424 g/mol. The van der Waals surface area contributed by atoms with Crippen molar-refractivity contribution in [1.82, 2.24) is 23.6 Å². The second-order valence-corrected chi connectivity index (χ2v) is 7.90. The summed E-state index contributed by atoms with van der Waals surface area (Å²) in [6, 6.07) is 2.74. The van der Waals surface area contributed by atoms with Crippen LogP contribution in [0.2, 0.25) is 0 Å². The van der Waals surface area contributed by atoms with Gasteiger partial charge in [0.25, 0.3) is 5.56 Å². The molecule has 0 unspecified atom stereocenters. The average Bonchev–Trinajstić information content (AvgIpc) is 3.18. The summed E-state index contributed by atoms with van der Waals surface area (Å²) in [6.07, 6.45) is 1.96. The van der Waals surface area contributed by atoms with E-state index in [4.69, 9.17) is 0 Å². The molecule has 32 heavy (non-hydrogen) atoms. The Labute approximate surface area is 180 Å². The molecule has 0 saturated carbocycles. The van der Waals surface area contributed by atoms with E-state index in [1.54, 1.807) is 7.05 Å². The van der Waals surface area contributed by atoms with Crippen LogP contribution < -0.4 is 11.2 Å². The maximum Gasteiger partial charge on any atom is 0.332 e. The minimum absolute atomic E-state index is 0.204. The van der Waals surface area contributed by atoms with Gasteiger partial charge in [0.2, 0.25) is 5.91 Å². The minimum atomic E-state index is -0.782. The zero-order chi connectivity index (χ0) is 23.2. The lowest BCUT2D eigenvalue weighted by atomic mass is 9.88. The number of nitrogens with zero attached hydrogens (tertiary/aromatic N) is 5. The van der Waals surface area contributed by atoms with E-state index < -0.39 is 47.0 Å². The highest BCUT2D eigenvalue weighted by Gasteiger charge is 2.30. The molecule has 0 atom stereocenters. The van der Waals surface area contributed by atoms with Gasteiger partial charge in [-0.25, -0.2) is 23.1 Å². The molecule has 0 radical (unpaired) electrons. The fourth-order valence-electron chi connectivity index (χ4n) is 4.07. The second kappa shape index (κ2) is 8.13. The van der Waals surface area contributed by atoms with Crippen molar-refractivity contribution >= 4 is 22.9 Å². The summed E-state index contributed by atoms with van der Waals surface area (Å²) < 4.78 is 30.9. The molecule has 1 fully saturated rings. The molecule has 1 aromatic carbocycles. The quantitative estimate of drug-likeness (QED) is 0.554. The number of Topliss-reactive ketones (excluding diaryl/α,β-unsaturated/α-hetero) is 1. The standard InChI is InChI=1S/C21H21F2N5O4/c1-25-11-24-19-17(25)20(31)28(21(32)26(19)2)10-16(29)27-7-5-12(6-8-27)18(30)14-9-13(22)3-4-15(14)23/h3-4,9,11-12H,5-8,10H2,1-2H3. The summed E-state index contributed by atoms with van der Waals surface area (Å²) in [5.74, 6) is -2.96. The van der Waals surface area contributed by atoms with Gasteiger partial charge in [0.15, 0.2) is 16.9 Å². The molecule has 1 amide bonds. The first-order valence-corrected chi connectivity index (χ1v) is 10.1. The number of fused-ring (bicyclic) bond motifs is 1. The van der Waals surface area contributed by atoms with E-state index in [0.29, 0.717) is 0 Å². The Hall–Kier alpha value is -3.63. The molecule has 1 aliphatic rings. The Balaban J connectivity index is 1.48. The van der Waals surface area contributed by atoms with Crippen LogP contribution in [0.1, 0.15) is 23.2 Å². The van der Waals surface area contributed by atoms with Crippen molar-refractivity contribution in [2.45, 2.75) is 19.4 Å². The van der Waals surface area contributed by atoms with Crippen molar-refractivity contribution in [3.63, 3.8) is 0 Å². The topological polar surface area (TPSA) is 99.2 Å². The summed E-state index contributed by atoms with van der Waals surface area (Å²) in [5.41, 5.74) is -1.12. The molecule has 0 spiro atoms. The molecule has 0 N–H and O–H groups in total. The number of imidazole rings is 1. The Kier molecular flexibility index (Phi) is 5.49. The first-order valence-electron chi connectivity index (χ1n) is 10.1. The Morgan fingerprint density at radius 1 is 1.12 bits per heavy atom. The zero-order valence-electron chi connectivity index (χ0n) is 17.5. The molecule has 11 heteroatoms. The SMILES string of the molecule is Cn1cnc2c1c(=O)n(CC(=O)N1CCC(C(=O)c3cc(F)ccc3F)CC1)c(=O)n2C. The number of amides is 1. The smallest absolute Gasteiger partial charge is 0.332 e. The van der Waals surface area contributed by atoms with Crippen LogP contribution in [0.3, 0.4) is 0 Å². The number of carbonyl (C=O) groups is 2. The molecular formula is C21H21F2N5O4. The van der Waals surface area contributed by atoms with E-state index in [2.05, 4.69) is 4.98 Å². The second-order valence-electron chi connectivity index (χ2n) is 7.90. The van der Waals surface area contributed by atoms with Gasteiger partial charge in [-0.05, 0) is 31.0 Å². The molecule has 9 nitrogen and oxygen atoms in total. The van der Waals surface area contributed by atoms with Gasteiger partial charge in [0.05, 0.1) is 11.9 Å². The maximum atomic E-state index is 13.9. The van der Waals surface area contributed by atoms with E-state index in [-0.39, 0.29) is 42.7 Å². The molecule has 0 aliphatic carbocycles. The number of carbonyl (C=O) groups excluding carboxylic acids is 2. The van der Waals surface area contributed by atoms with Gasteiger partial charge in [0.1, 0.15) is 18.2 Å². The highest BCUT2D eigenvalue weighted by molar-refractivity contribution is 5.98. The number of likely N-dealkylation sites (tertiary alicyclic amines) is 1. The van der Waals surface area contributed by atoms with Gasteiger partial charge in [-0.3, -0.25) is 19.0 Å². The Morgan fingerprint density at radius 3 is 2.50 bits per heavy atom. The number of halogens is 2. The zero-order valence-corrected chi connectivity index (χ0v) is 17.5. The first kappa shape index (κ1) is 21.6. The van der Waals surface area contributed by atoms with Crippen LogP contribution >= 0.6 is 0 Å². The summed E-state index contributed by atoms with van der Waals surface area (Å²) in [5, 5.41) is 0. The van der Waals surface area contributed by atoms with Gasteiger partial charge in [-0.15, -0.1) is 0 Å². The average molecular weight is 445 g/mol. The third-order valence-electron chi connectivity index (χ3n) is 5.91. The fraction of sp³-hybridized carbons (Fsp3) is 0.381. The normalized spacial score (nSPS) is 14.8. The number of ketones is 1. The Morgan fingerprint density at radius 2 is 1.81 bits per heavy atom. The van der Waals surface area contributed by atoms with Crippen LogP contribution in [0.15, 0.2) is 34.1 Å². The van der Waals surface area contributed by atoms with Gasteiger partial charge in [-0.1, -0.05) is 0 Å². The molecule has 1 saturated heterocycles. The van der Waals surface area contributed by atoms with Crippen LogP contribution in [-0.2, 0) is 25.4 Å². The Bertz CT molecular complexity index is 1350. The summed E-state index contributed by atoms with van der Waals surface area (Å²) in [4.78, 5) is 56.2. The molecule has 3 heterocycles. The number of aromatic nitrogens is 4. The van der Waals surface area contributed by atoms with Crippen molar-refractivity contribution < 1.29 is 18.4 Å². The monoisotopic (exact) mass is 445 g/mol. The lowest BCUT2D eigenvalue weighted by Gasteiger charge is -2.31. The highest BCUT2D eigenvalue weighted by atomic mass is 19.1. The number of benzene rings is 1. The van der Waals surface area contributed by atoms with Crippen molar-refractivity contribution in [3.8, 4) is 0 Å². The van der Waals surface area contributed by atoms with E-state index in [1.807, 2.05) is 0 Å². The predicted molar refractivity (Wildman–Crippen MR) is 110 cm³/mol. The maximum absolute atomic E-state index is 13.9. The summed E-state index contributed by atoms with van der Waals surface area (Å²) >= 11 is 0. The van der Waals surface area contributed by atoms with Gasteiger partial charge in [0, 0.05) is 33.1 Å². The van der Waals surface area contributed by atoms with Crippen molar-refractivity contribution in [2.75, 3.05) is 13.1 Å². The van der Waals surface area contributed by atoms with Crippen LogP contribution in [0.4, 0.5) is 8.78 Å². The van der Waals surface area contributed by atoms with E-state index in [0.717, 1.165) is 22.8 Å². The van der Waals surface area contributed by atoms with Crippen molar-refractivity contribution in [2.24, 2.45) is 20.0 Å². The number of hydrogen-bond acceptors (Lipinski definition) is 5. The lowest BCUT2D eigenvalue weighted by Crippen LogP contribution is -2.47. The first-order chi connectivity index (χ1) is 15.2. The molecule has 3 aromatic rings. The van der Waals surface area contributed by atoms with Crippen LogP contribution in [0.5, 0.6) is 0 Å². The molecule has 2 aromatic heterocycles. The van der Waals surface area contributed by atoms with E-state index >= 15 is 0 Å². The minimum Gasteiger partial charge on any atom is -0.341 e. The molecule has 0 bridgehead atoms. The van der Waals surface area contributed by atoms with Gasteiger partial charge in [-0.2, -0.15) is 0 Å². The fourth-order valence-corrected chi connectivity index (χ4v) is 4.07. The van der Waals surface area contributed by atoms with Crippen LogP contribution in [-0.4, -0.2) is 48.4 Å². The summed E-state index contributed by atoms with van der Waals surface area (Å²) in [6.45, 7) is -0.0336. The third kappa shape index (κ3) is 3.63. The largest absolute Gasteiger partial charge is 0.341 e. The van der Waals surface area contributed by atoms with Crippen LogP contribution in [0.25, 0.3) is 11.2 Å². The van der Waals surface area contributed by atoms with E-state index in [9.17, 15) is 28.0 Å². The lowest BCUT2D eigenvalue weighted by molar-refractivity contribution is -0.133. The molecule has 1 aliphatic heterocycles. The van der Waals surface area contributed by atoms with Crippen molar-refractivity contribution in [1.29, 1.82) is 0 Å².